The third kappa shape index (κ3) is 1.51. The van der Waals surface area contributed by atoms with Crippen molar-refractivity contribution in [3.05, 3.63) is 68.4 Å². The smallest absolute Gasteiger partial charge is 0.164 e. The lowest BCUT2D eigenvalue weighted by Crippen LogP contribution is -2.24. The van der Waals surface area contributed by atoms with Gasteiger partial charge in [-0.05, 0) is 39.3 Å². The van der Waals surface area contributed by atoms with Gasteiger partial charge in [-0.1, -0.05) is 48.6 Å². The highest BCUT2D eigenvalue weighted by atomic mass is 16.1. The Morgan fingerprint density at radius 3 is 2.68 bits per heavy atom. The first kappa shape index (κ1) is 10.7. The average molecular weight is 246 g/mol. The van der Waals surface area contributed by atoms with E-state index < -0.39 is 0 Å². The fourth-order valence-corrected chi connectivity index (χ4v) is 3.25. The second-order valence-corrected chi connectivity index (χ2v) is 5.22. The summed E-state index contributed by atoms with van der Waals surface area (Å²) in [6.45, 7) is 0. The Hall–Kier alpha value is -2.15. The Kier molecular flexibility index (Phi) is 2.22. The van der Waals surface area contributed by atoms with Gasteiger partial charge < -0.3 is 0 Å². The van der Waals surface area contributed by atoms with Gasteiger partial charge in [0.2, 0.25) is 0 Å². The zero-order chi connectivity index (χ0) is 12.8. The highest BCUT2D eigenvalue weighted by Crippen LogP contribution is 2.17. The van der Waals surface area contributed by atoms with Crippen LogP contribution in [-0.4, -0.2) is 5.78 Å². The van der Waals surface area contributed by atoms with E-state index in [4.69, 9.17) is 0 Å². The van der Waals surface area contributed by atoms with Crippen LogP contribution in [0.15, 0.2) is 36.4 Å². The van der Waals surface area contributed by atoms with Crippen molar-refractivity contribution in [3.63, 3.8) is 0 Å². The molecule has 0 aromatic heterocycles. The molecule has 0 N–H and O–H groups in total. The molecule has 4 rings (SSSR count). The van der Waals surface area contributed by atoms with Crippen LogP contribution in [0.25, 0.3) is 12.2 Å². The molecule has 0 saturated heterocycles. The van der Waals surface area contributed by atoms with Gasteiger partial charge in [-0.3, -0.25) is 4.79 Å². The maximum atomic E-state index is 12.2. The van der Waals surface area contributed by atoms with Crippen LogP contribution in [0.5, 0.6) is 0 Å². The molecule has 0 bridgehead atoms. The van der Waals surface area contributed by atoms with Crippen LogP contribution in [0.1, 0.15) is 28.8 Å². The van der Waals surface area contributed by atoms with Gasteiger partial charge in [0.1, 0.15) is 0 Å². The van der Waals surface area contributed by atoms with Gasteiger partial charge in [0, 0.05) is 12.0 Å². The van der Waals surface area contributed by atoms with Gasteiger partial charge in [0.25, 0.3) is 0 Å². The van der Waals surface area contributed by atoms with Gasteiger partial charge in [0.15, 0.2) is 5.78 Å². The highest BCUT2D eigenvalue weighted by Gasteiger charge is 2.17. The van der Waals surface area contributed by atoms with Crippen molar-refractivity contribution in [2.24, 2.45) is 0 Å². The van der Waals surface area contributed by atoms with Crippen LogP contribution in [0, 0.1) is 10.4 Å². The molecule has 0 fully saturated rings. The molecule has 1 heteroatoms. The van der Waals surface area contributed by atoms with Crippen LogP contribution < -0.4 is 10.4 Å². The minimum atomic E-state index is 0.308. The molecule has 19 heavy (non-hydrogen) atoms. The standard InChI is InChI=1S/C18H14O/c19-17-7-3-5-13-9-10-15-14-6-2-1-4-12(14)8-11-16(15)18(13)17/h1-2,4-6,8-10H,3,7,11H2. The van der Waals surface area contributed by atoms with Gasteiger partial charge in [-0.15, -0.1) is 0 Å². The predicted molar refractivity (Wildman–Crippen MR) is 76.0 cm³/mol. The Labute approximate surface area is 111 Å². The zero-order valence-corrected chi connectivity index (χ0v) is 10.6. The minimum Gasteiger partial charge on any atom is -0.294 e. The average Bonchev–Trinajstić information content (AvgIpc) is 2.46. The Morgan fingerprint density at radius 1 is 0.842 bits per heavy atom. The fraction of sp³-hybridized carbons (Fsp3) is 0.167. The Morgan fingerprint density at radius 2 is 1.74 bits per heavy atom. The van der Waals surface area contributed by atoms with E-state index in [0.717, 1.165) is 23.6 Å². The normalized spacial score (nSPS) is 15.7. The molecule has 2 aromatic rings. The molecule has 1 nitrogen and oxygen atoms in total. The largest absolute Gasteiger partial charge is 0.294 e. The molecule has 0 atom stereocenters. The summed E-state index contributed by atoms with van der Waals surface area (Å²) in [5.41, 5.74) is 2.19. The second-order valence-electron chi connectivity index (χ2n) is 5.22. The van der Waals surface area contributed by atoms with Crippen molar-refractivity contribution >= 4 is 17.9 Å². The molecular weight excluding hydrogens is 232 g/mol. The van der Waals surface area contributed by atoms with E-state index in [1.165, 1.54) is 21.2 Å². The molecule has 0 heterocycles. The summed E-state index contributed by atoms with van der Waals surface area (Å²) in [5, 5.41) is 4.90. The Bertz CT molecular complexity index is 904. The summed E-state index contributed by atoms with van der Waals surface area (Å²) in [4.78, 5) is 12.2. The fourth-order valence-electron chi connectivity index (χ4n) is 3.25. The van der Waals surface area contributed by atoms with E-state index in [2.05, 4.69) is 48.6 Å². The first-order valence-electron chi connectivity index (χ1n) is 6.79. The monoisotopic (exact) mass is 246 g/mol. The molecule has 0 unspecified atom stereocenters. The number of Topliss-reactive ketones (excluding diaryl/α,β-unsaturated/α-hetero) is 1. The maximum Gasteiger partial charge on any atom is 0.164 e. The summed E-state index contributed by atoms with van der Waals surface area (Å²) in [5.74, 6) is 0.308. The molecule has 2 aliphatic rings. The number of hydrogen-bond acceptors (Lipinski definition) is 1. The van der Waals surface area contributed by atoms with Crippen LogP contribution in [0.4, 0.5) is 0 Å². The highest BCUT2D eigenvalue weighted by molar-refractivity contribution is 5.99. The molecule has 92 valence electrons. The number of carbonyl (C=O) groups excluding carboxylic acids is 1. The Balaban J connectivity index is 2.27. The maximum absolute atomic E-state index is 12.2. The van der Waals surface area contributed by atoms with E-state index >= 15 is 0 Å². The van der Waals surface area contributed by atoms with Crippen LogP contribution in [0.2, 0.25) is 0 Å². The third-order valence-electron chi connectivity index (χ3n) is 4.14. The van der Waals surface area contributed by atoms with Crippen LogP contribution in [-0.2, 0) is 6.42 Å². The summed E-state index contributed by atoms with van der Waals surface area (Å²) >= 11 is 0. The molecule has 0 spiro atoms. The quantitative estimate of drug-likeness (QED) is 0.695. The summed E-state index contributed by atoms with van der Waals surface area (Å²) in [6, 6.07) is 12.7. The number of benzene rings is 2. The molecule has 2 aromatic carbocycles. The van der Waals surface area contributed by atoms with Crippen molar-refractivity contribution in [2.45, 2.75) is 19.3 Å². The number of ketones is 1. The SMILES string of the molecule is O=C1CCC=c2ccc3c(c21)CC=c1ccccc1=3. The predicted octanol–water partition coefficient (Wildman–Crippen LogP) is 2.07. The summed E-state index contributed by atoms with van der Waals surface area (Å²) < 4.78 is 0. The van der Waals surface area contributed by atoms with Gasteiger partial charge in [-0.25, -0.2) is 0 Å². The summed E-state index contributed by atoms with van der Waals surface area (Å²) in [7, 11) is 0. The van der Waals surface area contributed by atoms with Crippen molar-refractivity contribution < 1.29 is 4.79 Å². The van der Waals surface area contributed by atoms with Crippen molar-refractivity contribution in [3.8, 4) is 0 Å². The van der Waals surface area contributed by atoms with Crippen molar-refractivity contribution in [1.82, 2.24) is 0 Å². The molecule has 0 amide bonds. The van der Waals surface area contributed by atoms with Gasteiger partial charge in [0.05, 0.1) is 0 Å². The molecule has 0 radical (unpaired) electrons. The molecule has 2 aliphatic carbocycles. The third-order valence-corrected chi connectivity index (χ3v) is 4.14. The number of fused-ring (bicyclic) bond motifs is 4. The second kappa shape index (κ2) is 3.92. The minimum absolute atomic E-state index is 0.308. The molecular formula is C18H14O. The van der Waals surface area contributed by atoms with Crippen LogP contribution >= 0.6 is 0 Å². The first-order valence-corrected chi connectivity index (χ1v) is 6.79. The number of carbonyl (C=O) groups is 1. The summed E-state index contributed by atoms with van der Waals surface area (Å²) in [6.07, 6.45) is 6.84. The van der Waals surface area contributed by atoms with E-state index in [-0.39, 0.29) is 0 Å². The topological polar surface area (TPSA) is 17.1 Å². The number of rotatable bonds is 0. The lowest BCUT2D eigenvalue weighted by molar-refractivity contribution is 0.0980. The van der Waals surface area contributed by atoms with Crippen LogP contribution in [0.3, 0.4) is 0 Å². The van der Waals surface area contributed by atoms with E-state index in [9.17, 15) is 4.79 Å². The van der Waals surface area contributed by atoms with E-state index in [0.29, 0.717) is 12.2 Å². The zero-order valence-electron chi connectivity index (χ0n) is 10.6. The van der Waals surface area contributed by atoms with Crippen molar-refractivity contribution in [1.29, 1.82) is 0 Å². The van der Waals surface area contributed by atoms with E-state index in [1.807, 2.05) is 0 Å². The molecule has 0 saturated carbocycles. The molecule has 0 aliphatic heterocycles. The van der Waals surface area contributed by atoms with Gasteiger partial charge in [-0.2, -0.15) is 0 Å². The van der Waals surface area contributed by atoms with E-state index in [1.54, 1.807) is 0 Å². The van der Waals surface area contributed by atoms with Crippen molar-refractivity contribution in [2.75, 3.05) is 0 Å². The lowest BCUT2D eigenvalue weighted by Gasteiger charge is -2.15. The first-order chi connectivity index (χ1) is 9.34. The lowest BCUT2D eigenvalue weighted by atomic mass is 9.88. The van der Waals surface area contributed by atoms with Gasteiger partial charge >= 0.3 is 0 Å². The number of hydrogen-bond donors (Lipinski definition) is 0.